The summed E-state index contributed by atoms with van der Waals surface area (Å²) in [4.78, 5) is 23.8. The molecule has 0 aromatic heterocycles. The van der Waals surface area contributed by atoms with E-state index >= 15 is 0 Å². The van der Waals surface area contributed by atoms with Crippen molar-refractivity contribution >= 4 is 11.8 Å². The lowest BCUT2D eigenvalue weighted by atomic mass is 10.1. The highest BCUT2D eigenvalue weighted by Crippen LogP contribution is 2.26. The summed E-state index contributed by atoms with van der Waals surface area (Å²) in [6, 6.07) is 11.2. The number of hydrogen-bond acceptors (Lipinski definition) is 5. The smallest absolute Gasteiger partial charge is 0.343 e. The number of carbonyl (C=O) groups is 2. The van der Waals surface area contributed by atoms with Gasteiger partial charge in [0.1, 0.15) is 17.2 Å². The molecule has 0 amide bonds. The van der Waals surface area contributed by atoms with Gasteiger partial charge in [0.25, 0.3) is 0 Å². The summed E-state index contributed by atoms with van der Waals surface area (Å²) < 4.78 is 15.5. The summed E-state index contributed by atoms with van der Waals surface area (Å²) in [5.74, 6) is 0.566. The van der Waals surface area contributed by atoms with Crippen molar-refractivity contribution in [1.82, 2.24) is 0 Å². The monoisotopic (exact) mass is 300 g/mol. The molecule has 2 aromatic rings. The zero-order valence-corrected chi connectivity index (χ0v) is 12.6. The minimum absolute atomic E-state index is 0.174. The van der Waals surface area contributed by atoms with Crippen molar-refractivity contribution in [1.29, 1.82) is 0 Å². The van der Waals surface area contributed by atoms with Crippen LogP contribution in [0.1, 0.15) is 27.6 Å². The lowest BCUT2D eigenvalue weighted by molar-refractivity contribution is 0.0732. The minimum Gasteiger partial charge on any atom is -0.497 e. The van der Waals surface area contributed by atoms with Crippen LogP contribution in [0.2, 0.25) is 0 Å². The van der Waals surface area contributed by atoms with Crippen LogP contribution < -0.4 is 14.2 Å². The van der Waals surface area contributed by atoms with Crippen molar-refractivity contribution in [3.8, 4) is 17.2 Å². The van der Waals surface area contributed by atoms with Crippen LogP contribution in [0.4, 0.5) is 0 Å². The van der Waals surface area contributed by atoms with Gasteiger partial charge in [0.05, 0.1) is 25.3 Å². The second-order valence-electron chi connectivity index (χ2n) is 4.54. The molecule has 0 aliphatic carbocycles. The highest BCUT2D eigenvalue weighted by atomic mass is 16.5. The van der Waals surface area contributed by atoms with E-state index in [1.165, 1.54) is 20.1 Å². The van der Waals surface area contributed by atoms with Gasteiger partial charge in [0.2, 0.25) is 0 Å². The quantitative estimate of drug-likeness (QED) is 0.482. The van der Waals surface area contributed by atoms with E-state index in [0.717, 1.165) is 0 Å². The second-order valence-corrected chi connectivity index (χ2v) is 4.54. The van der Waals surface area contributed by atoms with Gasteiger partial charge in [-0.2, -0.15) is 0 Å². The molecule has 5 nitrogen and oxygen atoms in total. The predicted octanol–water partition coefficient (Wildman–Crippen LogP) is 3.13. The molecular weight excluding hydrogens is 284 g/mol. The highest BCUT2D eigenvalue weighted by Gasteiger charge is 2.15. The van der Waals surface area contributed by atoms with Crippen LogP contribution in [0.3, 0.4) is 0 Å². The maximum absolute atomic E-state index is 12.2. The van der Waals surface area contributed by atoms with Gasteiger partial charge in [0.15, 0.2) is 5.78 Å². The lowest BCUT2D eigenvalue weighted by Gasteiger charge is -2.10. The number of esters is 1. The molecule has 0 aliphatic rings. The lowest BCUT2D eigenvalue weighted by Crippen LogP contribution is -2.11. The standard InChI is InChI=1S/C17H16O5/c1-11(18)15-9-8-14(21-3)10-16(15)22-17(19)12-4-6-13(20-2)7-5-12/h4-10H,1-3H3. The fourth-order valence-electron chi connectivity index (χ4n) is 1.89. The van der Waals surface area contributed by atoms with Gasteiger partial charge in [-0.1, -0.05) is 0 Å². The third-order valence-corrected chi connectivity index (χ3v) is 3.10. The van der Waals surface area contributed by atoms with Crippen molar-refractivity contribution in [3.05, 3.63) is 53.6 Å². The Morgan fingerprint density at radius 3 is 2.00 bits per heavy atom. The van der Waals surface area contributed by atoms with Gasteiger partial charge in [-0.15, -0.1) is 0 Å². The van der Waals surface area contributed by atoms with E-state index in [1.807, 2.05) is 0 Å². The highest BCUT2D eigenvalue weighted by molar-refractivity contribution is 5.99. The zero-order valence-electron chi connectivity index (χ0n) is 12.6. The van der Waals surface area contributed by atoms with E-state index in [9.17, 15) is 9.59 Å². The number of benzene rings is 2. The Bertz CT molecular complexity index is 689. The zero-order chi connectivity index (χ0) is 16.1. The summed E-state index contributed by atoms with van der Waals surface area (Å²) in [6.45, 7) is 1.41. The Hall–Kier alpha value is -2.82. The van der Waals surface area contributed by atoms with Crippen molar-refractivity contribution in [2.75, 3.05) is 14.2 Å². The molecule has 0 saturated carbocycles. The molecule has 5 heteroatoms. The minimum atomic E-state index is -0.557. The normalized spacial score (nSPS) is 9.95. The largest absolute Gasteiger partial charge is 0.497 e. The van der Waals surface area contributed by atoms with Crippen LogP contribution in [-0.4, -0.2) is 26.0 Å². The summed E-state index contributed by atoms with van der Waals surface area (Å²) in [5, 5.41) is 0. The van der Waals surface area contributed by atoms with E-state index in [0.29, 0.717) is 22.6 Å². The molecule has 0 unspecified atom stereocenters. The van der Waals surface area contributed by atoms with Gasteiger partial charge in [-0.05, 0) is 43.3 Å². The molecule has 2 aromatic carbocycles. The molecular formula is C17H16O5. The predicted molar refractivity (Wildman–Crippen MR) is 81.0 cm³/mol. The van der Waals surface area contributed by atoms with Crippen LogP contribution in [0, 0.1) is 0 Å². The average molecular weight is 300 g/mol. The molecule has 114 valence electrons. The average Bonchev–Trinajstić information content (AvgIpc) is 2.54. The Morgan fingerprint density at radius 2 is 1.45 bits per heavy atom. The number of ether oxygens (including phenoxy) is 3. The van der Waals surface area contributed by atoms with Gasteiger partial charge in [-0.3, -0.25) is 4.79 Å². The van der Waals surface area contributed by atoms with Gasteiger partial charge in [-0.25, -0.2) is 4.79 Å². The number of rotatable bonds is 5. The SMILES string of the molecule is COc1ccc(C(=O)Oc2cc(OC)ccc2C(C)=O)cc1. The summed E-state index contributed by atoms with van der Waals surface area (Å²) >= 11 is 0. The molecule has 0 aliphatic heterocycles. The molecule has 0 radical (unpaired) electrons. The molecule has 0 N–H and O–H groups in total. The van der Waals surface area contributed by atoms with E-state index in [-0.39, 0.29) is 11.5 Å². The van der Waals surface area contributed by atoms with Crippen LogP contribution >= 0.6 is 0 Å². The summed E-state index contributed by atoms with van der Waals surface area (Å²) in [7, 11) is 3.04. The van der Waals surface area contributed by atoms with Crippen LogP contribution in [-0.2, 0) is 0 Å². The van der Waals surface area contributed by atoms with Gasteiger partial charge < -0.3 is 14.2 Å². The molecule has 0 spiro atoms. The molecule has 0 bridgehead atoms. The fraction of sp³-hybridized carbons (Fsp3) is 0.176. The Morgan fingerprint density at radius 1 is 0.864 bits per heavy atom. The molecule has 0 atom stereocenters. The van der Waals surface area contributed by atoms with Crippen LogP contribution in [0.15, 0.2) is 42.5 Å². The first-order valence-corrected chi connectivity index (χ1v) is 6.60. The Balaban J connectivity index is 2.28. The first-order chi connectivity index (χ1) is 10.5. The molecule has 0 saturated heterocycles. The molecule has 2 rings (SSSR count). The van der Waals surface area contributed by atoms with E-state index in [4.69, 9.17) is 14.2 Å². The second kappa shape index (κ2) is 6.76. The molecule has 0 fully saturated rings. The van der Waals surface area contributed by atoms with E-state index in [2.05, 4.69) is 0 Å². The topological polar surface area (TPSA) is 61.8 Å². The van der Waals surface area contributed by atoms with E-state index < -0.39 is 5.97 Å². The van der Waals surface area contributed by atoms with Crippen LogP contribution in [0.25, 0.3) is 0 Å². The number of hydrogen-bond donors (Lipinski definition) is 0. The molecule has 0 heterocycles. The summed E-state index contributed by atoms with van der Waals surface area (Å²) in [6.07, 6.45) is 0. The van der Waals surface area contributed by atoms with Gasteiger partial charge in [0, 0.05) is 6.07 Å². The Kier molecular flexibility index (Phi) is 4.78. The summed E-state index contributed by atoms with van der Waals surface area (Å²) in [5.41, 5.74) is 0.681. The number of ketones is 1. The van der Waals surface area contributed by atoms with Gasteiger partial charge >= 0.3 is 5.97 Å². The molecule has 22 heavy (non-hydrogen) atoms. The van der Waals surface area contributed by atoms with E-state index in [1.54, 1.807) is 43.5 Å². The van der Waals surface area contributed by atoms with Crippen molar-refractivity contribution in [3.63, 3.8) is 0 Å². The first-order valence-electron chi connectivity index (χ1n) is 6.60. The van der Waals surface area contributed by atoms with Crippen molar-refractivity contribution in [2.45, 2.75) is 6.92 Å². The third-order valence-electron chi connectivity index (χ3n) is 3.10. The van der Waals surface area contributed by atoms with Crippen LogP contribution in [0.5, 0.6) is 17.2 Å². The first kappa shape index (κ1) is 15.6. The third kappa shape index (κ3) is 3.44. The number of methoxy groups -OCH3 is 2. The van der Waals surface area contributed by atoms with Crippen molar-refractivity contribution in [2.24, 2.45) is 0 Å². The van der Waals surface area contributed by atoms with Crippen molar-refractivity contribution < 1.29 is 23.8 Å². The maximum atomic E-state index is 12.2. The number of Topliss-reactive ketones (excluding diaryl/α,β-unsaturated/α-hetero) is 1. The Labute approximate surface area is 128 Å². The maximum Gasteiger partial charge on any atom is 0.343 e. The fourth-order valence-corrected chi connectivity index (χ4v) is 1.89. The number of carbonyl (C=O) groups excluding carboxylic acids is 2.